The summed E-state index contributed by atoms with van der Waals surface area (Å²) in [4.78, 5) is 24.3. The molecule has 2 aliphatic rings. The van der Waals surface area contributed by atoms with Gasteiger partial charge in [-0.3, -0.25) is 9.59 Å². The van der Waals surface area contributed by atoms with E-state index in [1.54, 1.807) is 0 Å². The van der Waals surface area contributed by atoms with Crippen molar-refractivity contribution in [3.8, 4) is 0 Å². The van der Waals surface area contributed by atoms with Crippen LogP contribution in [0.2, 0.25) is 0 Å². The van der Waals surface area contributed by atoms with Crippen LogP contribution in [0.15, 0.2) is 24.3 Å². The van der Waals surface area contributed by atoms with Crippen molar-refractivity contribution in [1.82, 2.24) is 5.32 Å². The summed E-state index contributed by atoms with van der Waals surface area (Å²) in [6, 6.07) is 7.09. The molecule has 1 aromatic rings. The zero-order valence-electron chi connectivity index (χ0n) is 14.9. The van der Waals surface area contributed by atoms with E-state index < -0.39 is 6.04 Å². The lowest BCUT2D eigenvalue weighted by molar-refractivity contribution is -0.124. The molecule has 1 atom stereocenters. The number of benzene rings is 1. The summed E-state index contributed by atoms with van der Waals surface area (Å²) in [5.41, 5.74) is 7.80. The van der Waals surface area contributed by atoms with Crippen LogP contribution in [0.5, 0.6) is 0 Å². The molecule has 144 valence electrons. The van der Waals surface area contributed by atoms with Crippen molar-refractivity contribution >= 4 is 29.9 Å². The molecule has 0 radical (unpaired) electrons. The van der Waals surface area contributed by atoms with Gasteiger partial charge in [0.05, 0.1) is 6.04 Å². The van der Waals surface area contributed by atoms with E-state index in [0.29, 0.717) is 19.8 Å². The van der Waals surface area contributed by atoms with E-state index in [9.17, 15) is 9.59 Å². The molecule has 4 N–H and O–H groups in total. The van der Waals surface area contributed by atoms with Gasteiger partial charge in [0.1, 0.15) is 0 Å². The van der Waals surface area contributed by atoms with Crippen molar-refractivity contribution < 1.29 is 14.3 Å². The lowest BCUT2D eigenvalue weighted by Crippen LogP contribution is -2.46. The fourth-order valence-corrected chi connectivity index (χ4v) is 3.27. The number of hydrogen-bond donors (Lipinski definition) is 3. The van der Waals surface area contributed by atoms with E-state index in [2.05, 4.69) is 10.6 Å². The molecule has 1 saturated carbocycles. The van der Waals surface area contributed by atoms with Gasteiger partial charge in [0.15, 0.2) is 0 Å². The molecule has 1 heterocycles. The lowest BCUT2D eigenvalue weighted by Gasteiger charge is -2.26. The maximum Gasteiger partial charge on any atom is 0.237 e. The van der Waals surface area contributed by atoms with Gasteiger partial charge in [-0.1, -0.05) is 18.6 Å². The average molecular weight is 382 g/mol. The number of hydrogen-bond acceptors (Lipinski definition) is 4. The van der Waals surface area contributed by atoms with Gasteiger partial charge in [-0.25, -0.2) is 0 Å². The van der Waals surface area contributed by atoms with Crippen LogP contribution in [-0.2, 0) is 20.9 Å². The highest BCUT2D eigenvalue weighted by Crippen LogP contribution is 2.27. The van der Waals surface area contributed by atoms with Crippen LogP contribution >= 0.6 is 12.4 Å². The number of nitrogens with two attached hydrogens (primary N) is 1. The highest BCUT2D eigenvalue weighted by Gasteiger charge is 2.26. The van der Waals surface area contributed by atoms with E-state index in [4.69, 9.17) is 10.5 Å². The first kappa shape index (κ1) is 20.7. The predicted molar refractivity (Wildman–Crippen MR) is 103 cm³/mol. The van der Waals surface area contributed by atoms with Crippen LogP contribution in [-0.4, -0.2) is 31.1 Å². The molecule has 0 bridgehead atoms. The molecule has 3 rings (SSSR count). The monoisotopic (exact) mass is 381 g/mol. The molecule has 1 aromatic carbocycles. The second kappa shape index (κ2) is 9.90. The Balaban J connectivity index is 0.00000243. The number of carbonyl (C=O) groups excluding carboxylic acids is 2. The summed E-state index contributed by atoms with van der Waals surface area (Å²) >= 11 is 0. The summed E-state index contributed by atoms with van der Waals surface area (Å²) in [6.07, 6.45) is 4.75. The minimum absolute atomic E-state index is 0. The first-order valence-corrected chi connectivity index (χ1v) is 9.14. The van der Waals surface area contributed by atoms with Crippen molar-refractivity contribution in [2.75, 3.05) is 18.5 Å². The Hall–Kier alpha value is -1.63. The highest BCUT2D eigenvalue weighted by molar-refractivity contribution is 5.93. The van der Waals surface area contributed by atoms with Crippen LogP contribution in [0, 0.1) is 11.8 Å². The Morgan fingerprint density at radius 1 is 1.19 bits per heavy atom. The molecule has 7 heteroatoms. The normalized spacial score (nSPS) is 19.0. The molecule has 1 unspecified atom stereocenters. The molecule has 2 fully saturated rings. The first-order chi connectivity index (χ1) is 12.1. The summed E-state index contributed by atoms with van der Waals surface area (Å²) < 4.78 is 5.31. The van der Waals surface area contributed by atoms with E-state index in [1.165, 1.54) is 0 Å². The number of anilines is 1. The summed E-state index contributed by atoms with van der Waals surface area (Å²) in [5.74, 6) is 0.299. The van der Waals surface area contributed by atoms with Crippen LogP contribution in [0.3, 0.4) is 0 Å². The standard InChI is InChI=1S/C19H27N3O3.ClH/c20-17(14-7-9-25-10-8-14)19(24)21-12-13-3-1-6-16(11-13)22-18(23)15-4-2-5-15;/h1,3,6,11,14-15,17H,2,4-5,7-10,12,20H2,(H,21,24)(H,22,23);1H. The summed E-state index contributed by atoms with van der Waals surface area (Å²) in [5, 5.41) is 5.86. The van der Waals surface area contributed by atoms with Crippen molar-refractivity contribution in [2.24, 2.45) is 17.6 Å². The zero-order chi connectivity index (χ0) is 17.6. The van der Waals surface area contributed by atoms with Gasteiger partial charge in [-0.05, 0) is 49.3 Å². The molecule has 26 heavy (non-hydrogen) atoms. The minimum atomic E-state index is -0.495. The molecule has 0 aromatic heterocycles. The van der Waals surface area contributed by atoms with Crippen molar-refractivity contribution in [2.45, 2.75) is 44.7 Å². The Labute approximate surface area is 160 Å². The van der Waals surface area contributed by atoms with Crippen LogP contribution in [0.25, 0.3) is 0 Å². The van der Waals surface area contributed by atoms with Gasteiger partial charge in [0, 0.05) is 31.4 Å². The summed E-state index contributed by atoms with van der Waals surface area (Å²) in [7, 11) is 0. The third-order valence-electron chi connectivity index (χ3n) is 5.21. The number of amides is 2. The topological polar surface area (TPSA) is 93.5 Å². The third-order valence-corrected chi connectivity index (χ3v) is 5.21. The van der Waals surface area contributed by atoms with Gasteiger partial charge >= 0.3 is 0 Å². The minimum Gasteiger partial charge on any atom is -0.381 e. The first-order valence-electron chi connectivity index (χ1n) is 9.14. The fourth-order valence-electron chi connectivity index (χ4n) is 3.27. The van der Waals surface area contributed by atoms with Gasteiger partial charge in [-0.15, -0.1) is 12.4 Å². The molecule has 1 aliphatic carbocycles. The second-order valence-electron chi connectivity index (χ2n) is 7.01. The highest BCUT2D eigenvalue weighted by atomic mass is 35.5. The quantitative estimate of drug-likeness (QED) is 0.704. The molecule has 2 amide bonds. The van der Waals surface area contributed by atoms with E-state index >= 15 is 0 Å². The lowest BCUT2D eigenvalue weighted by atomic mass is 9.85. The Bertz CT molecular complexity index is 616. The van der Waals surface area contributed by atoms with Gasteiger partial charge < -0.3 is 21.1 Å². The molecule has 0 spiro atoms. The van der Waals surface area contributed by atoms with Gasteiger partial charge in [0.25, 0.3) is 0 Å². The number of nitrogens with one attached hydrogen (secondary N) is 2. The largest absolute Gasteiger partial charge is 0.381 e. The second-order valence-corrected chi connectivity index (χ2v) is 7.01. The third kappa shape index (κ3) is 5.43. The Morgan fingerprint density at radius 3 is 2.58 bits per heavy atom. The molecular formula is C19H28ClN3O3. The van der Waals surface area contributed by atoms with Crippen molar-refractivity contribution in [3.05, 3.63) is 29.8 Å². The molecule has 1 saturated heterocycles. The average Bonchev–Trinajstić information content (AvgIpc) is 2.58. The predicted octanol–water partition coefficient (Wildman–Crippen LogP) is 2.22. The van der Waals surface area contributed by atoms with Gasteiger partial charge in [-0.2, -0.15) is 0 Å². The molecule has 1 aliphatic heterocycles. The smallest absolute Gasteiger partial charge is 0.237 e. The zero-order valence-corrected chi connectivity index (χ0v) is 15.7. The maximum absolute atomic E-state index is 12.3. The van der Waals surface area contributed by atoms with Gasteiger partial charge in [0.2, 0.25) is 11.8 Å². The summed E-state index contributed by atoms with van der Waals surface area (Å²) in [6.45, 7) is 1.76. The van der Waals surface area contributed by atoms with Crippen molar-refractivity contribution in [3.63, 3.8) is 0 Å². The van der Waals surface area contributed by atoms with Crippen LogP contribution in [0.1, 0.15) is 37.7 Å². The SMILES string of the molecule is Cl.NC(C(=O)NCc1cccc(NC(=O)C2CCC2)c1)C1CCOCC1. The van der Waals surface area contributed by atoms with E-state index in [-0.39, 0.29) is 36.1 Å². The van der Waals surface area contributed by atoms with Crippen molar-refractivity contribution in [1.29, 1.82) is 0 Å². The number of ether oxygens (including phenoxy) is 1. The molecular weight excluding hydrogens is 354 g/mol. The van der Waals surface area contributed by atoms with Crippen LogP contribution in [0.4, 0.5) is 5.69 Å². The van der Waals surface area contributed by atoms with E-state index in [0.717, 1.165) is 43.4 Å². The number of rotatable bonds is 6. The maximum atomic E-state index is 12.3. The Kier molecular flexibility index (Phi) is 7.87. The Morgan fingerprint density at radius 2 is 1.92 bits per heavy atom. The molecule has 6 nitrogen and oxygen atoms in total. The fraction of sp³-hybridized carbons (Fsp3) is 0.579. The van der Waals surface area contributed by atoms with Crippen LogP contribution < -0.4 is 16.4 Å². The number of halogens is 1. The number of carbonyl (C=O) groups is 2. The van der Waals surface area contributed by atoms with E-state index in [1.807, 2.05) is 24.3 Å².